The lowest BCUT2D eigenvalue weighted by molar-refractivity contribution is 0.340. The third-order valence-electron chi connectivity index (χ3n) is 2.85. The smallest absolute Gasteiger partial charge is 0.232 e. The van der Waals surface area contributed by atoms with Crippen molar-refractivity contribution in [2.75, 3.05) is 22.4 Å². The van der Waals surface area contributed by atoms with Crippen LogP contribution in [0.3, 0.4) is 0 Å². The quantitative estimate of drug-likeness (QED) is 0.819. The molecule has 2 aromatic rings. The Bertz CT molecular complexity index is 698. The van der Waals surface area contributed by atoms with Crippen molar-refractivity contribution in [3.8, 4) is 5.75 Å². The molecule has 0 aliphatic carbocycles. The van der Waals surface area contributed by atoms with Gasteiger partial charge in [0.25, 0.3) is 0 Å². The van der Waals surface area contributed by atoms with Crippen molar-refractivity contribution >= 4 is 27.2 Å². The molecule has 0 bridgehead atoms. The molecule has 1 aromatic carbocycles. The minimum Gasteiger partial charge on any atom is -0.494 e. The topological polar surface area (TPSA) is 80.3 Å². The molecule has 7 heteroatoms. The molecule has 0 aliphatic rings. The third kappa shape index (κ3) is 4.63. The Hall–Kier alpha value is -2.28. The molecule has 0 aliphatic heterocycles. The van der Waals surface area contributed by atoms with E-state index in [1.165, 1.54) is 6.20 Å². The van der Waals surface area contributed by atoms with Crippen molar-refractivity contribution < 1.29 is 13.2 Å². The highest BCUT2D eigenvalue weighted by molar-refractivity contribution is 7.92. The van der Waals surface area contributed by atoms with Crippen LogP contribution in [-0.2, 0) is 10.0 Å². The van der Waals surface area contributed by atoms with E-state index in [0.29, 0.717) is 18.1 Å². The van der Waals surface area contributed by atoms with Gasteiger partial charge in [-0.15, -0.1) is 0 Å². The van der Waals surface area contributed by atoms with E-state index in [4.69, 9.17) is 4.74 Å². The van der Waals surface area contributed by atoms with Gasteiger partial charge in [0.15, 0.2) is 0 Å². The van der Waals surface area contributed by atoms with Crippen molar-refractivity contribution in [1.29, 1.82) is 0 Å². The summed E-state index contributed by atoms with van der Waals surface area (Å²) in [5.41, 5.74) is 1.32. The van der Waals surface area contributed by atoms with E-state index in [1.807, 2.05) is 31.2 Å². The molecule has 2 N–H and O–H groups in total. The van der Waals surface area contributed by atoms with Crippen LogP contribution in [0, 0.1) is 0 Å². The van der Waals surface area contributed by atoms with Gasteiger partial charge in [-0.1, -0.05) is 0 Å². The van der Waals surface area contributed by atoms with Crippen LogP contribution in [-0.4, -0.2) is 25.8 Å². The Kier molecular flexibility index (Phi) is 5.21. The molecule has 0 saturated carbocycles. The second-order valence-corrected chi connectivity index (χ2v) is 6.53. The summed E-state index contributed by atoms with van der Waals surface area (Å²) in [5.74, 6) is 1.47. The van der Waals surface area contributed by atoms with E-state index in [-0.39, 0.29) is 5.75 Å². The molecule has 118 valence electrons. The molecule has 1 heterocycles. The predicted molar refractivity (Wildman–Crippen MR) is 88.2 cm³/mol. The molecule has 2 rings (SSSR count). The van der Waals surface area contributed by atoms with Crippen LogP contribution in [0.2, 0.25) is 0 Å². The largest absolute Gasteiger partial charge is 0.494 e. The van der Waals surface area contributed by atoms with Crippen molar-refractivity contribution in [3.63, 3.8) is 0 Å². The zero-order valence-corrected chi connectivity index (χ0v) is 13.4. The Balaban J connectivity index is 2.01. The van der Waals surface area contributed by atoms with Crippen molar-refractivity contribution in [2.24, 2.45) is 0 Å². The van der Waals surface area contributed by atoms with E-state index >= 15 is 0 Å². The average molecular weight is 321 g/mol. The highest BCUT2D eigenvalue weighted by Gasteiger charge is 2.06. The summed E-state index contributed by atoms with van der Waals surface area (Å²) in [4.78, 5) is 4.18. The second-order valence-electron chi connectivity index (χ2n) is 4.52. The molecule has 0 fully saturated rings. The van der Waals surface area contributed by atoms with Gasteiger partial charge in [-0.2, -0.15) is 0 Å². The summed E-state index contributed by atoms with van der Waals surface area (Å²) < 4.78 is 30.7. The number of benzene rings is 1. The van der Waals surface area contributed by atoms with Crippen LogP contribution in [0.1, 0.15) is 13.8 Å². The molecular formula is C15H19N3O3S. The molecule has 22 heavy (non-hydrogen) atoms. The van der Waals surface area contributed by atoms with Gasteiger partial charge in [0.2, 0.25) is 10.0 Å². The van der Waals surface area contributed by atoms with Crippen LogP contribution >= 0.6 is 0 Å². The first-order valence-electron chi connectivity index (χ1n) is 6.99. The lowest BCUT2D eigenvalue weighted by atomic mass is 10.3. The first kappa shape index (κ1) is 16.1. The van der Waals surface area contributed by atoms with Crippen molar-refractivity contribution in [2.45, 2.75) is 13.8 Å². The number of hydrogen-bond donors (Lipinski definition) is 2. The molecular weight excluding hydrogens is 302 g/mol. The maximum atomic E-state index is 11.5. The Labute approximate surface area is 130 Å². The number of hydrogen-bond acceptors (Lipinski definition) is 5. The van der Waals surface area contributed by atoms with Crippen LogP contribution in [0.15, 0.2) is 42.6 Å². The summed E-state index contributed by atoms with van der Waals surface area (Å²) in [5, 5.41) is 3.13. The number of aromatic nitrogens is 1. The maximum Gasteiger partial charge on any atom is 0.232 e. The second kappa shape index (κ2) is 7.13. The van der Waals surface area contributed by atoms with E-state index in [0.717, 1.165) is 11.4 Å². The fraction of sp³-hybridized carbons (Fsp3) is 0.267. The molecule has 0 saturated heterocycles. The summed E-state index contributed by atoms with van der Waals surface area (Å²) >= 11 is 0. The summed E-state index contributed by atoms with van der Waals surface area (Å²) in [6.45, 7) is 4.14. The van der Waals surface area contributed by atoms with Gasteiger partial charge in [0, 0.05) is 5.69 Å². The van der Waals surface area contributed by atoms with Crippen LogP contribution in [0.5, 0.6) is 5.75 Å². The van der Waals surface area contributed by atoms with Crippen molar-refractivity contribution in [1.82, 2.24) is 4.98 Å². The summed E-state index contributed by atoms with van der Waals surface area (Å²) in [6.07, 6.45) is 1.48. The van der Waals surface area contributed by atoms with Gasteiger partial charge in [0.05, 0.1) is 24.2 Å². The number of pyridine rings is 1. The molecule has 0 unspecified atom stereocenters. The fourth-order valence-corrected chi connectivity index (χ4v) is 2.35. The van der Waals surface area contributed by atoms with Gasteiger partial charge in [-0.25, -0.2) is 13.4 Å². The number of nitrogens with zero attached hydrogens (tertiary/aromatic N) is 1. The van der Waals surface area contributed by atoms with Gasteiger partial charge >= 0.3 is 0 Å². The lowest BCUT2D eigenvalue weighted by Gasteiger charge is -2.09. The predicted octanol–water partition coefficient (Wildman–Crippen LogP) is 2.99. The van der Waals surface area contributed by atoms with E-state index in [2.05, 4.69) is 15.0 Å². The molecule has 0 atom stereocenters. The van der Waals surface area contributed by atoms with Gasteiger partial charge in [-0.05, 0) is 50.2 Å². The molecule has 1 aromatic heterocycles. The lowest BCUT2D eigenvalue weighted by Crippen LogP contribution is -2.14. The van der Waals surface area contributed by atoms with E-state index in [9.17, 15) is 8.42 Å². The minimum atomic E-state index is -3.28. The monoisotopic (exact) mass is 321 g/mol. The molecule has 0 amide bonds. The number of nitrogens with one attached hydrogen (secondary N) is 2. The first-order valence-corrected chi connectivity index (χ1v) is 8.64. The number of sulfonamides is 1. The van der Waals surface area contributed by atoms with Gasteiger partial charge < -0.3 is 10.1 Å². The average Bonchev–Trinajstić information content (AvgIpc) is 2.51. The number of rotatable bonds is 7. The standard InChI is InChI=1S/C15H19N3O3S/c1-3-21-14-8-5-12(6-9-14)17-15-10-7-13(11-16-15)18-22(19,20)4-2/h5-11,18H,3-4H2,1-2H3,(H,16,17). The highest BCUT2D eigenvalue weighted by atomic mass is 32.2. The Morgan fingerprint density at radius 3 is 2.27 bits per heavy atom. The highest BCUT2D eigenvalue weighted by Crippen LogP contribution is 2.20. The number of ether oxygens (including phenoxy) is 1. The van der Waals surface area contributed by atoms with E-state index < -0.39 is 10.0 Å². The Morgan fingerprint density at radius 1 is 1.05 bits per heavy atom. The zero-order chi connectivity index (χ0) is 16.0. The SMILES string of the molecule is CCOc1ccc(Nc2ccc(NS(=O)(=O)CC)cn2)cc1. The van der Waals surface area contributed by atoms with Crippen LogP contribution < -0.4 is 14.8 Å². The third-order valence-corrected chi connectivity index (χ3v) is 4.16. The Morgan fingerprint density at radius 2 is 1.73 bits per heavy atom. The van der Waals surface area contributed by atoms with Crippen LogP contribution in [0.4, 0.5) is 17.2 Å². The molecule has 0 spiro atoms. The maximum absolute atomic E-state index is 11.5. The minimum absolute atomic E-state index is 0.0270. The normalized spacial score (nSPS) is 11.0. The van der Waals surface area contributed by atoms with Gasteiger partial charge in [0.1, 0.15) is 11.6 Å². The van der Waals surface area contributed by atoms with E-state index in [1.54, 1.807) is 19.1 Å². The molecule has 0 radical (unpaired) electrons. The zero-order valence-electron chi connectivity index (χ0n) is 12.5. The van der Waals surface area contributed by atoms with Crippen molar-refractivity contribution in [3.05, 3.63) is 42.6 Å². The fourth-order valence-electron chi connectivity index (χ4n) is 1.73. The van der Waals surface area contributed by atoms with Crippen LogP contribution in [0.25, 0.3) is 0 Å². The summed E-state index contributed by atoms with van der Waals surface area (Å²) in [6, 6.07) is 10.9. The molecule has 6 nitrogen and oxygen atoms in total. The first-order chi connectivity index (χ1) is 10.5. The van der Waals surface area contributed by atoms with Gasteiger partial charge in [-0.3, -0.25) is 4.72 Å². The number of anilines is 3. The summed E-state index contributed by atoms with van der Waals surface area (Å²) in [7, 11) is -3.28.